The summed E-state index contributed by atoms with van der Waals surface area (Å²) in [7, 11) is 0. The van der Waals surface area contributed by atoms with E-state index in [9.17, 15) is 18.0 Å². The number of likely N-dealkylation sites (tertiary alicyclic amines) is 1. The average molecular weight is 529 g/mol. The van der Waals surface area contributed by atoms with Crippen LogP contribution in [0.1, 0.15) is 25.5 Å². The molecular formula is C28H31F3N4OS. The van der Waals surface area contributed by atoms with E-state index in [4.69, 9.17) is 0 Å². The molecule has 0 bridgehead atoms. The number of aromatic nitrogens is 1. The fraction of sp³-hybridized carbons (Fsp3) is 0.393. The highest BCUT2D eigenvalue weighted by atomic mass is 32.2. The third-order valence-electron chi connectivity index (χ3n) is 6.36. The van der Waals surface area contributed by atoms with Crippen LogP contribution in [0.25, 0.3) is 10.9 Å². The van der Waals surface area contributed by atoms with Crippen LogP contribution < -0.4 is 10.6 Å². The van der Waals surface area contributed by atoms with Crippen LogP contribution in [-0.4, -0.2) is 59.9 Å². The molecule has 2 heterocycles. The normalized spacial score (nSPS) is 14.8. The number of anilines is 2. The number of halogens is 3. The summed E-state index contributed by atoms with van der Waals surface area (Å²) >= 11 is 1.66. The summed E-state index contributed by atoms with van der Waals surface area (Å²) < 4.78 is 41.7. The van der Waals surface area contributed by atoms with Crippen molar-refractivity contribution >= 4 is 39.8 Å². The van der Waals surface area contributed by atoms with Crippen LogP contribution in [0, 0.1) is 11.8 Å². The third-order valence-corrected chi connectivity index (χ3v) is 7.11. The Kier molecular flexibility index (Phi) is 8.72. The zero-order valence-corrected chi connectivity index (χ0v) is 21.8. The van der Waals surface area contributed by atoms with Crippen LogP contribution in [-0.2, 0) is 11.3 Å². The average Bonchev–Trinajstić information content (AvgIpc) is 3.20. The van der Waals surface area contributed by atoms with Crippen molar-refractivity contribution < 1.29 is 18.0 Å². The number of hydrogen-bond acceptors (Lipinski definition) is 5. The van der Waals surface area contributed by atoms with Crippen LogP contribution in [0.15, 0.2) is 53.4 Å². The first-order valence-corrected chi connectivity index (χ1v) is 13.5. The molecular weight excluding hydrogens is 497 g/mol. The molecule has 0 amide bonds. The summed E-state index contributed by atoms with van der Waals surface area (Å²) in [6.07, 6.45) is -0.632. The van der Waals surface area contributed by atoms with Gasteiger partial charge in [0.2, 0.25) is 0 Å². The Balaban J connectivity index is 1.52. The summed E-state index contributed by atoms with van der Waals surface area (Å²) in [5.74, 6) is 6.08. The maximum atomic E-state index is 13.5. The van der Waals surface area contributed by atoms with Gasteiger partial charge in [-0.25, -0.2) is 0 Å². The second-order valence-corrected chi connectivity index (χ2v) is 10.1. The van der Waals surface area contributed by atoms with Gasteiger partial charge in [-0.3, -0.25) is 9.69 Å². The SMILES string of the molecule is CSc1ccc(NCC#Cc2cc3c(NC4CCN(CC(C)=O)CC4)cccc3n2CC(F)(F)F)cc1. The minimum atomic E-state index is -4.37. The lowest BCUT2D eigenvalue weighted by Gasteiger charge is -2.32. The predicted molar refractivity (Wildman–Crippen MR) is 145 cm³/mol. The third kappa shape index (κ3) is 7.46. The number of hydrogen-bond donors (Lipinski definition) is 2. The van der Waals surface area contributed by atoms with Crippen molar-refractivity contribution in [1.29, 1.82) is 0 Å². The Labute approximate surface area is 219 Å². The van der Waals surface area contributed by atoms with Crippen molar-refractivity contribution in [3.05, 3.63) is 54.2 Å². The number of Topliss-reactive ketones (excluding diaryl/α,β-unsaturated/α-hetero) is 1. The summed E-state index contributed by atoms with van der Waals surface area (Å²) in [6, 6.07) is 15.2. The number of thioether (sulfide) groups is 1. The standard InChI is InChI=1S/C28H31F3N4OS/c1-20(36)18-34-15-12-22(13-16-34)33-26-6-3-7-27-25(26)17-23(35(27)19-28(29,30)31)5-4-14-32-21-8-10-24(37-2)11-9-21/h3,6-11,17,22,32-33H,12-16,18-19H2,1-2H3. The zero-order valence-electron chi connectivity index (χ0n) is 21.0. The van der Waals surface area contributed by atoms with E-state index in [2.05, 4.69) is 27.4 Å². The molecule has 1 saturated heterocycles. The molecule has 1 aliphatic heterocycles. The molecule has 37 heavy (non-hydrogen) atoms. The summed E-state index contributed by atoms with van der Waals surface area (Å²) in [5, 5.41) is 7.45. The van der Waals surface area contributed by atoms with Crippen LogP contribution in [0.2, 0.25) is 0 Å². The minimum Gasteiger partial charge on any atom is -0.382 e. The van der Waals surface area contributed by atoms with E-state index < -0.39 is 12.7 Å². The summed E-state index contributed by atoms with van der Waals surface area (Å²) in [5.41, 5.74) is 2.54. The number of carbonyl (C=O) groups excluding carboxylic acids is 1. The number of fused-ring (bicyclic) bond motifs is 1. The molecule has 3 aromatic rings. The van der Waals surface area contributed by atoms with Gasteiger partial charge in [0.15, 0.2) is 0 Å². The smallest absolute Gasteiger partial charge is 0.382 e. The van der Waals surface area contributed by atoms with E-state index >= 15 is 0 Å². The number of nitrogens with one attached hydrogen (secondary N) is 2. The molecule has 9 heteroatoms. The lowest BCUT2D eigenvalue weighted by Crippen LogP contribution is -2.41. The number of carbonyl (C=O) groups is 1. The molecule has 2 N–H and O–H groups in total. The Bertz CT molecular complexity index is 1280. The van der Waals surface area contributed by atoms with Crippen LogP contribution in [0.5, 0.6) is 0 Å². The maximum absolute atomic E-state index is 13.5. The van der Waals surface area contributed by atoms with Gasteiger partial charge in [0.05, 0.1) is 24.3 Å². The second kappa shape index (κ2) is 12.0. The molecule has 0 radical (unpaired) electrons. The van der Waals surface area contributed by atoms with Crippen molar-refractivity contribution in [2.75, 3.05) is 43.1 Å². The van der Waals surface area contributed by atoms with Crippen LogP contribution >= 0.6 is 11.8 Å². The van der Waals surface area contributed by atoms with Gasteiger partial charge < -0.3 is 15.2 Å². The van der Waals surface area contributed by atoms with Gasteiger partial charge in [0, 0.05) is 40.8 Å². The highest BCUT2D eigenvalue weighted by molar-refractivity contribution is 7.98. The van der Waals surface area contributed by atoms with E-state index in [1.807, 2.05) is 36.6 Å². The monoisotopic (exact) mass is 528 g/mol. The van der Waals surface area contributed by atoms with Gasteiger partial charge in [-0.15, -0.1) is 11.8 Å². The first-order chi connectivity index (χ1) is 17.7. The summed E-state index contributed by atoms with van der Waals surface area (Å²) in [6.45, 7) is 2.89. The molecule has 2 aromatic carbocycles. The lowest BCUT2D eigenvalue weighted by atomic mass is 10.0. The molecule has 0 saturated carbocycles. The molecule has 1 aliphatic rings. The van der Waals surface area contributed by atoms with Crippen molar-refractivity contribution in [3.63, 3.8) is 0 Å². The molecule has 0 unspecified atom stereocenters. The molecule has 0 aliphatic carbocycles. The van der Waals surface area contributed by atoms with E-state index in [0.717, 1.165) is 47.6 Å². The zero-order chi connectivity index (χ0) is 26.4. The van der Waals surface area contributed by atoms with Gasteiger partial charge in [-0.1, -0.05) is 12.0 Å². The number of alkyl halides is 3. The molecule has 1 aromatic heterocycles. The van der Waals surface area contributed by atoms with Crippen molar-refractivity contribution in [3.8, 4) is 11.8 Å². The molecule has 196 valence electrons. The van der Waals surface area contributed by atoms with Crippen molar-refractivity contribution in [2.24, 2.45) is 0 Å². The number of benzene rings is 2. The summed E-state index contributed by atoms with van der Waals surface area (Å²) in [4.78, 5) is 14.7. The molecule has 1 fully saturated rings. The number of rotatable bonds is 8. The quantitative estimate of drug-likeness (QED) is 0.284. The van der Waals surface area contributed by atoms with E-state index in [0.29, 0.717) is 24.3 Å². The highest BCUT2D eigenvalue weighted by Gasteiger charge is 2.30. The second-order valence-electron chi connectivity index (χ2n) is 9.25. The first-order valence-electron chi connectivity index (χ1n) is 12.3. The van der Waals surface area contributed by atoms with Crippen LogP contribution in [0.4, 0.5) is 24.5 Å². The molecule has 0 spiro atoms. The molecule has 0 atom stereocenters. The molecule has 5 nitrogen and oxygen atoms in total. The Hall–Kier alpha value is -3.09. The number of piperidine rings is 1. The largest absolute Gasteiger partial charge is 0.406 e. The van der Waals surface area contributed by atoms with Crippen molar-refractivity contribution in [1.82, 2.24) is 9.47 Å². The first kappa shape index (κ1) is 27.0. The Morgan fingerprint density at radius 3 is 2.51 bits per heavy atom. The van der Waals surface area contributed by atoms with Gasteiger partial charge in [0.25, 0.3) is 0 Å². The van der Waals surface area contributed by atoms with Gasteiger partial charge in [-0.05, 0) is 74.4 Å². The van der Waals surface area contributed by atoms with Crippen molar-refractivity contribution in [2.45, 2.75) is 43.4 Å². The van der Waals surface area contributed by atoms with Crippen LogP contribution in [0.3, 0.4) is 0 Å². The van der Waals surface area contributed by atoms with Gasteiger partial charge in [-0.2, -0.15) is 13.2 Å². The van der Waals surface area contributed by atoms with E-state index in [-0.39, 0.29) is 11.8 Å². The Morgan fingerprint density at radius 2 is 1.86 bits per heavy atom. The predicted octanol–water partition coefficient (Wildman–Crippen LogP) is 5.85. The van der Waals surface area contributed by atoms with Gasteiger partial charge in [0.1, 0.15) is 12.3 Å². The molecule has 4 rings (SSSR count). The topological polar surface area (TPSA) is 49.3 Å². The van der Waals surface area contributed by atoms with E-state index in [1.165, 1.54) is 4.57 Å². The maximum Gasteiger partial charge on any atom is 0.406 e. The number of nitrogens with zero attached hydrogens (tertiary/aromatic N) is 2. The highest BCUT2D eigenvalue weighted by Crippen LogP contribution is 2.31. The Morgan fingerprint density at radius 1 is 1.14 bits per heavy atom. The lowest BCUT2D eigenvalue weighted by molar-refractivity contribution is -0.140. The fourth-order valence-electron chi connectivity index (χ4n) is 4.62. The number of ketones is 1. The minimum absolute atomic E-state index is 0.152. The van der Waals surface area contributed by atoms with E-state index in [1.54, 1.807) is 36.9 Å². The fourth-order valence-corrected chi connectivity index (χ4v) is 5.03. The van der Waals surface area contributed by atoms with Gasteiger partial charge >= 0.3 is 6.18 Å².